The molecule has 8 heteroatoms. The van der Waals surface area contributed by atoms with Crippen LogP contribution in [0.1, 0.15) is 32.7 Å². The van der Waals surface area contributed by atoms with Gasteiger partial charge in [-0.25, -0.2) is 0 Å². The Morgan fingerprint density at radius 1 is 1.19 bits per heavy atom. The van der Waals surface area contributed by atoms with Crippen molar-refractivity contribution in [2.24, 2.45) is 5.73 Å². The monoisotopic (exact) mass is 421 g/mol. The number of aromatic amines is 1. The predicted molar refractivity (Wildman–Crippen MR) is 120 cm³/mol. The number of carbonyl (C=O) groups excluding carboxylic acids is 1. The van der Waals surface area contributed by atoms with Crippen LogP contribution in [0.4, 0.5) is 11.5 Å². The molecule has 2 aromatic carbocycles. The summed E-state index contributed by atoms with van der Waals surface area (Å²) in [6.07, 6.45) is 0.524. The molecule has 8 nitrogen and oxygen atoms in total. The average molecular weight is 422 g/mol. The van der Waals surface area contributed by atoms with Gasteiger partial charge in [0, 0.05) is 31.7 Å². The van der Waals surface area contributed by atoms with Gasteiger partial charge in [0.05, 0.1) is 18.9 Å². The number of aromatic hydroxyl groups is 1. The molecule has 3 aromatic rings. The van der Waals surface area contributed by atoms with Crippen molar-refractivity contribution in [1.82, 2.24) is 10.2 Å². The third-order valence-corrected chi connectivity index (χ3v) is 5.48. The third kappa shape index (κ3) is 4.80. The summed E-state index contributed by atoms with van der Waals surface area (Å²) in [5, 5.41) is 19.8. The fraction of sp³-hybridized carbons (Fsp3) is 0.304. The molecule has 0 saturated carbocycles. The van der Waals surface area contributed by atoms with E-state index in [1.807, 2.05) is 0 Å². The van der Waals surface area contributed by atoms with Crippen LogP contribution in [0.3, 0.4) is 0 Å². The second-order valence-corrected chi connectivity index (χ2v) is 7.71. The molecular weight excluding hydrogens is 394 g/mol. The van der Waals surface area contributed by atoms with Gasteiger partial charge >= 0.3 is 0 Å². The summed E-state index contributed by atoms with van der Waals surface area (Å²) < 4.78 is 5.44. The Balaban J connectivity index is 1.49. The lowest BCUT2D eigenvalue weighted by Gasteiger charge is -2.30. The molecule has 1 aromatic heterocycles. The number of primary amides is 1. The van der Waals surface area contributed by atoms with Crippen LogP contribution in [0.2, 0.25) is 0 Å². The fourth-order valence-electron chi connectivity index (χ4n) is 3.89. The molecule has 0 bridgehead atoms. The van der Waals surface area contributed by atoms with E-state index >= 15 is 0 Å². The van der Waals surface area contributed by atoms with Gasteiger partial charge in [-0.1, -0.05) is 24.3 Å². The van der Waals surface area contributed by atoms with Gasteiger partial charge in [-0.2, -0.15) is 5.10 Å². The van der Waals surface area contributed by atoms with Gasteiger partial charge in [0.25, 0.3) is 5.91 Å². The largest absolute Gasteiger partial charge is 0.508 e. The third-order valence-electron chi connectivity index (χ3n) is 5.48. The van der Waals surface area contributed by atoms with Crippen LogP contribution >= 0.6 is 0 Å². The Morgan fingerprint density at radius 2 is 1.90 bits per heavy atom. The maximum Gasteiger partial charge on any atom is 0.254 e. The van der Waals surface area contributed by atoms with E-state index in [4.69, 9.17) is 10.5 Å². The zero-order chi connectivity index (χ0) is 21.8. The number of benzene rings is 2. The summed E-state index contributed by atoms with van der Waals surface area (Å²) in [5.74, 6) is 0.106. The molecule has 1 saturated heterocycles. The number of amides is 1. The number of rotatable bonds is 7. The standard InChI is InChI=1S/C23H27N5O3/c1-15-12-17(4-7-20(15)28-8-10-31-11-9-28)13-19-21(22(24)30)23(27-26-19)25-14-16-2-5-18(29)6-3-16/h2-7,12,29H,8-11,13-14H2,1H3,(H2,24,30)(H2,25,26,27). The lowest BCUT2D eigenvalue weighted by molar-refractivity contribution is 0.100. The van der Waals surface area contributed by atoms with Crippen LogP contribution < -0.4 is 16.0 Å². The SMILES string of the molecule is Cc1cc(Cc2[nH]nc(NCc3ccc(O)cc3)c2C(N)=O)ccc1N1CCOCC1. The molecule has 1 amide bonds. The molecular formula is C23H27N5O3. The molecule has 1 fully saturated rings. The number of hydrogen-bond acceptors (Lipinski definition) is 6. The first-order chi connectivity index (χ1) is 15.0. The Kier molecular flexibility index (Phi) is 6.08. The van der Waals surface area contributed by atoms with Gasteiger partial charge in [-0.05, 0) is 41.8 Å². The molecule has 4 rings (SSSR count). The molecule has 1 aliphatic heterocycles. The smallest absolute Gasteiger partial charge is 0.254 e. The first-order valence-corrected chi connectivity index (χ1v) is 10.3. The van der Waals surface area contributed by atoms with Crippen LogP contribution in [0.15, 0.2) is 42.5 Å². The molecule has 31 heavy (non-hydrogen) atoms. The molecule has 0 atom stereocenters. The summed E-state index contributed by atoms with van der Waals surface area (Å²) in [4.78, 5) is 14.5. The zero-order valence-electron chi connectivity index (χ0n) is 17.5. The molecule has 0 spiro atoms. The maximum atomic E-state index is 12.1. The number of anilines is 2. The number of morpholine rings is 1. The second kappa shape index (κ2) is 9.09. The van der Waals surface area contributed by atoms with Gasteiger partial charge in [0.15, 0.2) is 5.82 Å². The van der Waals surface area contributed by atoms with E-state index in [0.29, 0.717) is 30.0 Å². The quantitative estimate of drug-likeness (QED) is 0.466. The van der Waals surface area contributed by atoms with Gasteiger partial charge < -0.3 is 25.8 Å². The van der Waals surface area contributed by atoms with Crippen molar-refractivity contribution in [2.45, 2.75) is 19.9 Å². The number of aromatic nitrogens is 2. The van der Waals surface area contributed by atoms with Gasteiger partial charge in [-0.3, -0.25) is 9.89 Å². The van der Waals surface area contributed by atoms with Crippen molar-refractivity contribution in [3.05, 3.63) is 70.4 Å². The van der Waals surface area contributed by atoms with Crippen molar-refractivity contribution in [3.8, 4) is 5.75 Å². The molecule has 0 unspecified atom stereocenters. The zero-order valence-corrected chi connectivity index (χ0v) is 17.5. The summed E-state index contributed by atoms with van der Waals surface area (Å²) in [5.41, 5.74) is 11.1. The minimum absolute atomic E-state index is 0.207. The van der Waals surface area contributed by atoms with Gasteiger partial charge in [0.2, 0.25) is 0 Å². The number of ether oxygens (including phenoxy) is 1. The van der Waals surface area contributed by atoms with Gasteiger partial charge in [0.1, 0.15) is 11.3 Å². The van der Waals surface area contributed by atoms with E-state index in [1.165, 1.54) is 11.3 Å². The molecule has 2 heterocycles. The van der Waals surface area contributed by atoms with E-state index in [-0.39, 0.29) is 5.75 Å². The number of aryl methyl sites for hydroxylation is 1. The van der Waals surface area contributed by atoms with Crippen molar-refractivity contribution in [1.29, 1.82) is 0 Å². The molecule has 5 N–H and O–H groups in total. The van der Waals surface area contributed by atoms with Crippen molar-refractivity contribution in [2.75, 3.05) is 36.5 Å². The van der Waals surface area contributed by atoms with Crippen molar-refractivity contribution < 1.29 is 14.6 Å². The lowest BCUT2D eigenvalue weighted by atomic mass is 10.0. The normalized spacial score (nSPS) is 13.9. The lowest BCUT2D eigenvalue weighted by Crippen LogP contribution is -2.36. The second-order valence-electron chi connectivity index (χ2n) is 7.71. The topological polar surface area (TPSA) is 116 Å². The minimum Gasteiger partial charge on any atom is -0.508 e. The van der Waals surface area contributed by atoms with E-state index in [2.05, 4.69) is 45.5 Å². The highest BCUT2D eigenvalue weighted by Gasteiger charge is 2.19. The highest BCUT2D eigenvalue weighted by molar-refractivity contribution is 5.99. The number of hydrogen-bond donors (Lipinski definition) is 4. The number of nitrogens with two attached hydrogens (primary N) is 1. The number of nitrogens with zero attached hydrogens (tertiary/aromatic N) is 2. The summed E-state index contributed by atoms with van der Waals surface area (Å²) in [7, 11) is 0. The summed E-state index contributed by atoms with van der Waals surface area (Å²) in [6.45, 7) is 5.83. The number of H-pyrrole nitrogens is 1. The van der Waals surface area contributed by atoms with E-state index in [1.54, 1.807) is 24.3 Å². The molecule has 1 aliphatic rings. The van der Waals surface area contributed by atoms with Crippen molar-refractivity contribution in [3.63, 3.8) is 0 Å². The van der Waals surface area contributed by atoms with Crippen LogP contribution in [0, 0.1) is 6.92 Å². The Labute approximate surface area is 181 Å². The summed E-state index contributed by atoms with van der Waals surface area (Å²) in [6, 6.07) is 13.2. The Bertz CT molecular complexity index is 1060. The molecule has 0 radical (unpaired) electrons. The molecule has 162 valence electrons. The number of phenolic OH excluding ortho intramolecular Hbond substituents is 1. The predicted octanol–water partition coefficient (Wildman–Crippen LogP) is 2.56. The van der Waals surface area contributed by atoms with Crippen LogP contribution in [0.25, 0.3) is 0 Å². The number of carbonyl (C=O) groups is 1. The number of nitrogens with one attached hydrogen (secondary N) is 2. The highest BCUT2D eigenvalue weighted by atomic mass is 16.5. The summed E-state index contributed by atoms with van der Waals surface area (Å²) >= 11 is 0. The molecule has 0 aliphatic carbocycles. The Hall–Kier alpha value is -3.52. The van der Waals surface area contributed by atoms with Crippen molar-refractivity contribution >= 4 is 17.4 Å². The van der Waals surface area contributed by atoms with Gasteiger partial charge in [-0.15, -0.1) is 0 Å². The van der Waals surface area contributed by atoms with Crippen LogP contribution in [0.5, 0.6) is 5.75 Å². The highest BCUT2D eigenvalue weighted by Crippen LogP contribution is 2.25. The van der Waals surface area contributed by atoms with Crippen LogP contribution in [-0.4, -0.2) is 47.5 Å². The fourth-order valence-corrected chi connectivity index (χ4v) is 3.89. The maximum absolute atomic E-state index is 12.1. The minimum atomic E-state index is -0.529. The first-order valence-electron chi connectivity index (χ1n) is 10.3. The average Bonchev–Trinajstić information content (AvgIpc) is 3.17. The first kappa shape index (κ1) is 20.7. The van der Waals surface area contributed by atoms with E-state index < -0.39 is 5.91 Å². The Morgan fingerprint density at radius 3 is 2.58 bits per heavy atom. The van der Waals surface area contributed by atoms with E-state index in [0.717, 1.165) is 37.4 Å². The van der Waals surface area contributed by atoms with E-state index in [9.17, 15) is 9.90 Å². The van der Waals surface area contributed by atoms with Crippen LogP contribution in [-0.2, 0) is 17.7 Å². The number of phenols is 1.